The number of nitrogens with zero attached hydrogens (tertiary/aromatic N) is 5. The molecule has 1 aliphatic rings. The van der Waals surface area contributed by atoms with Gasteiger partial charge in [-0.05, 0) is 39.3 Å². The summed E-state index contributed by atoms with van der Waals surface area (Å²) in [5, 5.41) is 10.8. The monoisotopic (exact) mass is 421 g/mol. The Bertz CT molecular complexity index is 460. The van der Waals surface area contributed by atoms with Crippen LogP contribution in [-0.2, 0) is 13.6 Å². The molecule has 1 fully saturated rings. The number of aliphatic imine (C=N–C) groups is 1. The van der Waals surface area contributed by atoms with Gasteiger partial charge in [0.05, 0.1) is 0 Å². The Hall–Kier alpha value is -0.900. The van der Waals surface area contributed by atoms with Gasteiger partial charge in [-0.3, -0.25) is 4.68 Å². The Morgan fingerprint density at radius 2 is 2.23 bits per heavy atom. The van der Waals surface area contributed by atoms with Gasteiger partial charge >= 0.3 is 0 Å². The number of aromatic nitrogens is 3. The number of hydrogen-bond acceptors (Lipinski definition) is 4. The van der Waals surface area contributed by atoms with Crippen molar-refractivity contribution in [2.75, 3.05) is 33.2 Å². The fraction of sp³-hybridized carbons (Fsp3) is 0.786. The number of rotatable bonds is 5. The van der Waals surface area contributed by atoms with E-state index in [1.54, 1.807) is 11.0 Å². The van der Waals surface area contributed by atoms with Crippen LogP contribution in [0.15, 0.2) is 11.3 Å². The maximum atomic E-state index is 4.58. The van der Waals surface area contributed by atoms with Gasteiger partial charge in [-0.2, -0.15) is 5.10 Å². The third-order valence-corrected chi connectivity index (χ3v) is 3.81. The Labute approximate surface area is 150 Å². The number of halogens is 1. The second kappa shape index (κ2) is 9.98. The molecule has 0 aromatic carbocycles. The van der Waals surface area contributed by atoms with Crippen molar-refractivity contribution in [2.24, 2.45) is 18.0 Å². The van der Waals surface area contributed by atoms with Gasteiger partial charge in [0.15, 0.2) is 5.96 Å². The predicted octanol–water partition coefficient (Wildman–Crippen LogP) is 0.830. The van der Waals surface area contributed by atoms with Crippen molar-refractivity contribution in [1.82, 2.24) is 30.3 Å². The highest BCUT2D eigenvalue weighted by Gasteiger charge is 2.17. The molecule has 0 aliphatic carbocycles. The summed E-state index contributed by atoms with van der Waals surface area (Å²) in [7, 11) is 4.08. The average Bonchev–Trinajstić information content (AvgIpc) is 2.87. The standard InChI is InChI=1S/C14H27N7.HI/c1-4-15-14(17-9-13-18-11-19-21(13)3)16-8-12-6-5-7-20(2)10-12;/h11-12H,4-10H2,1-3H3,(H2,15,16,17);1H. The minimum atomic E-state index is 0. The molecule has 1 aromatic heterocycles. The van der Waals surface area contributed by atoms with E-state index < -0.39 is 0 Å². The normalized spacial score (nSPS) is 19.6. The Morgan fingerprint density at radius 1 is 1.41 bits per heavy atom. The summed E-state index contributed by atoms with van der Waals surface area (Å²) in [6.07, 6.45) is 4.14. The second-order valence-corrected chi connectivity index (χ2v) is 5.65. The molecular weight excluding hydrogens is 393 g/mol. The van der Waals surface area contributed by atoms with Crippen molar-refractivity contribution in [3.63, 3.8) is 0 Å². The van der Waals surface area contributed by atoms with Crippen molar-refractivity contribution in [1.29, 1.82) is 0 Å². The molecule has 0 spiro atoms. The third-order valence-electron chi connectivity index (χ3n) is 3.81. The molecule has 1 aliphatic heterocycles. The summed E-state index contributed by atoms with van der Waals surface area (Å²) in [4.78, 5) is 11.2. The van der Waals surface area contributed by atoms with Crippen LogP contribution in [0.3, 0.4) is 0 Å². The average molecular weight is 421 g/mol. The summed E-state index contributed by atoms with van der Waals surface area (Å²) in [6, 6.07) is 0. The van der Waals surface area contributed by atoms with Crippen LogP contribution in [0.1, 0.15) is 25.6 Å². The highest BCUT2D eigenvalue weighted by molar-refractivity contribution is 14.0. The van der Waals surface area contributed by atoms with Gasteiger partial charge in [-0.1, -0.05) is 0 Å². The van der Waals surface area contributed by atoms with Crippen LogP contribution in [-0.4, -0.2) is 58.9 Å². The van der Waals surface area contributed by atoms with E-state index >= 15 is 0 Å². The van der Waals surface area contributed by atoms with E-state index in [1.165, 1.54) is 19.4 Å². The molecule has 8 heteroatoms. The summed E-state index contributed by atoms with van der Waals surface area (Å²) < 4.78 is 1.75. The first-order valence-corrected chi connectivity index (χ1v) is 7.72. The van der Waals surface area contributed by atoms with E-state index in [4.69, 9.17) is 0 Å². The van der Waals surface area contributed by atoms with Crippen LogP contribution >= 0.6 is 24.0 Å². The largest absolute Gasteiger partial charge is 0.357 e. The predicted molar refractivity (Wildman–Crippen MR) is 99.5 cm³/mol. The van der Waals surface area contributed by atoms with Crippen LogP contribution in [0.2, 0.25) is 0 Å². The van der Waals surface area contributed by atoms with Gasteiger partial charge in [-0.25, -0.2) is 9.98 Å². The lowest BCUT2D eigenvalue weighted by Crippen LogP contribution is -2.43. The Morgan fingerprint density at radius 3 is 2.86 bits per heavy atom. The molecular formula is C14H28IN7. The molecule has 2 N–H and O–H groups in total. The van der Waals surface area contributed by atoms with E-state index in [9.17, 15) is 0 Å². The van der Waals surface area contributed by atoms with Gasteiger partial charge in [-0.15, -0.1) is 24.0 Å². The van der Waals surface area contributed by atoms with E-state index in [0.29, 0.717) is 12.5 Å². The number of likely N-dealkylation sites (tertiary alicyclic amines) is 1. The minimum absolute atomic E-state index is 0. The fourth-order valence-electron chi connectivity index (χ4n) is 2.64. The minimum Gasteiger partial charge on any atom is -0.357 e. The highest BCUT2D eigenvalue weighted by atomic mass is 127. The lowest BCUT2D eigenvalue weighted by atomic mass is 9.99. The maximum absolute atomic E-state index is 4.58. The smallest absolute Gasteiger partial charge is 0.191 e. The van der Waals surface area contributed by atoms with Crippen molar-refractivity contribution in [2.45, 2.75) is 26.3 Å². The zero-order valence-corrected chi connectivity index (χ0v) is 16.1. The molecule has 0 radical (unpaired) electrons. The molecule has 0 saturated carbocycles. The Balaban J connectivity index is 0.00000242. The van der Waals surface area contributed by atoms with Crippen molar-refractivity contribution in [3.8, 4) is 0 Å². The molecule has 2 heterocycles. The van der Waals surface area contributed by atoms with Gasteiger partial charge < -0.3 is 15.5 Å². The topological polar surface area (TPSA) is 70.4 Å². The first-order valence-electron chi connectivity index (χ1n) is 7.72. The quantitative estimate of drug-likeness (QED) is 0.419. The van der Waals surface area contributed by atoms with Gasteiger partial charge in [0.1, 0.15) is 18.7 Å². The zero-order chi connectivity index (χ0) is 15.1. The third kappa shape index (κ3) is 6.07. The molecule has 0 bridgehead atoms. The van der Waals surface area contributed by atoms with E-state index in [1.807, 2.05) is 7.05 Å². The molecule has 1 atom stereocenters. The number of nitrogens with one attached hydrogen (secondary N) is 2. The van der Waals surface area contributed by atoms with Crippen molar-refractivity contribution in [3.05, 3.63) is 12.2 Å². The molecule has 7 nitrogen and oxygen atoms in total. The van der Waals surface area contributed by atoms with Crippen LogP contribution in [0, 0.1) is 5.92 Å². The van der Waals surface area contributed by atoms with E-state index in [2.05, 4.69) is 44.6 Å². The van der Waals surface area contributed by atoms with Crippen LogP contribution < -0.4 is 10.6 Å². The molecule has 1 aromatic rings. The summed E-state index contributed by atoms with van der Waals surface area (Å²) in [5.41, 5.74) is 0. The number of piperidine rings is 1. The first-order chi connectivity index (χ1) is 10.2. The first kappa shape index (κ1) is 19.1. The number of guanidine groups is 1. The Kier molecular flexibility index (Phi) is 8.69. The zero-order valence-electron chi connectivity index (χ0n) is 13.7. The summed E-state index contributed by atoms with van der Waals surface area (Å²) >= 11 is 0. The van der Waals surface area contributed by atoms with E-state index in [0.717, 1.165) is 31.4 Å². The maximum Gasteiger partial charge on any atom is 0.191 e. The molecule has 22 heavy (non-hydrogen) atoms. The highest BCUT2D eigenvalue weighted by Crippen LogP contribution is 2.13. The van der Waals surface area contributed by atoms with E-state index in [-0.39, 0.29) is 24.0 Å². The molecule has 0 amide bonds. The van der Waals surface area contributed by atoms with Crippen molar-refractivity contribution < 1.29 is 0 Å². The lowest BCUT2D eigenvalue weighted by Gasteiger charge is -2.30. The van der Waals surface area contributed by atoms with Crippen LogP contribution in [0.25, 0.3) is 0 Å². The number of hydrogen-bond donors (Lipinski definition) is 2. The van der Waals surface area contributed by atoms with Crippen molar-refractivity contribution >= 4 is 29.9 Å². The molecule has 1 unspecified atom stereocenters. The number of aryl methyl sites for hydroxylation is 1. The second-order valence-electron chi connectivity index (χ2n) is 5.65. The SMILES string of the molecule is CCNC(=NCc1ncnn1C)NCC1CCCN(C)C1.I. The molecule has 126 valence electrons. The summed E-state index contributed by atoms with van der Waals surface area (Å²) in [6.45, 7) is 6.82. The molecule has 2 rings (SSSR count). The lowest BCUT2D eigenvalue weighted by molar-refractivity contribution is 0.210. The van der Waals surface area contributed by atoms with Crippen LogP contribution in [0.4, 0.5) is 0 Å². The fourth-order valence-corrected chi connectivity index (χ4v) is 2.64. The van der Waals surface area contributed by atoms with Gasteiger partial charge in [0.25, 0.3) is 0 Å². The summed E-state index contributed by atoms with van der Waals surface area (Å²) in [5.74, 6) is 2.42. The van der Waals surface area contributed by atoms with Gasteiger partial charge in [0.2, 0.25) is 0 Å². The van der Waals surface area contributed by atoms with Gasteiger partial charge in [0, 0.05) is 26.7 Å². The van der Waals surface area contributed by atoms with Crippen LogP contribution in [0.5, 0.6) is 0 Å². The molecule has 1 saturated heterocycles.